The van der Waals surface area contributed by atoms with Crippen molar-refractivity contribution in [3.63, 3.8) is 0 Å². The van der Waals surface area contributed by atoms with E-state index in [0.717, 1.165) is 13.0 Å². The SMILES string of the molecule is CN1C(=O)C2NCCCC2CC1I. The van der Waals surface area contributed by atoms with E-state index in [1.165, 1.54) is 12.8 Å². The van der Waals surface area contributed by atoms with E-state index in [0.29, 0.717) is 9.97 Å². The van der Waals surface area contributed by atoms with Gasteiger partial charge in [-0.25, -0.2) is 0 Å². The second kappa shape index (κ2) is 3.73. The molecule has 0 aromatic carbocycles. The van der Waals surface area contributed by atoms with Crippen LogP contribution >= 0.6 is 22.6 Å². The van der Waals surface area contributed by atoms with E-state index in [4.69, 9.17) is 0 Å². The van der Waals surface area contributed by atoms with Gasteiger partial charge in [0.15, 0.2) is 0 Å². The maximum atomic E-state index is 11.8. The van der Waals surface area contributed by atoms with Crippen molar-refractivity contribution in [1.82, 2.24) is 10.2 Å². The van der Waals surface area contributed by atoms with E-state index >= 15 is 0 Å². The summed E-state index contributed by atoms with van der Waals surface area (Å²) in [6.45, 7) is 1.01. The average Bonchev–Trinajstić information content (AvgIpc) is 2.15. The van der Waals surface area contributed by atoms with Crippen LogP contribution in [0.4, 0.5) is 0 Å². The van der Waals surface area contributed by atoms with Gasteiger partial charge in [0.25, 0.3) is 0 Å². The molecule has 0 aliphatic carbocycles. The summed E-state index contributed by atoms with van der Waals surface area (Å²) in [4.78, 5) is 13.7. The van der Waals surface area contributed by atoms with Crippen molar-refractivity contribution in [2.75, 3.05) is 13.6 Å². The molecular weight excluding hydrogens is 279 g/mol. The Morgan fingerprint density at radius 1 is 1.62 bits per heavy atom. The normalized spacial score (nSPS) is 40.3. The van der Waals surface area contributed by atoms with Gasteiger partial charge >= 0.3 is 0 Å². The van der Waals surface area contributed by atoms with Crippen LogP contribution in [0.1, 0.15) is 19.3 Å². The standard InChI is InChI=1S/C9H15IN2O/c1-12-7(10)5-6-3-2-4-11-8(6)9(12)13/h6-8,11H,2-5H2,1H3. The number of halogens is 1. The number of nitrogens with zero attached hydrogens (tertiary/aromatic N) is 1. The molecule has 0 bridgehead atoms. The maximum absolute atomic E-state index is 11.8. The molecule has 3 atom stereocenters. The molecule has 2 saturated heterocycles. The van der Waals surface area contributed by atoms with E-state index in [-0.39, 0.29) is 11.9 Å². The molecule has 4 heteroatoms. The first-order valence-electron chi connectivity index (χ1n) is 4.84. The van der Waals surface area contributed by atoms with Crippen molar-refractivity contribution in [3.8, 4) is 0 Å². The second-order valence-corrected chi connectivity index (χ2v) is 5.39. The van der Waals surface area contributed by atoms with Gasteiger partial charge in [-0.3, -0.25) is 4.79 Å². The predicted octanol–water partition coefficient (Wildman–Crippen LogP) is 0.978. The highest BCUT2D eigenvalue weighted by molar-refractivity contribution is 14.1. The van der Waals surface area contributed by atoms with Crippen molar-refractivity contribution < 1.29 is 4.79 Å². The third kappa shape index (κ3) is 1.70. The minimum atomic E-state index is 0.116. The zero-order valence-electron chi connectivity index (χ0n) is 7.79. The Kier molecular flexibility index (Phi) is 2.78. The van der Waals surface area contributed by atoms with Gasteiger partial charge in [0.1, 0.15) is 0 Å². The molecule has 0 aromatic heterocycles. The molecule has 1 N–H and O–H groups in total. The van der Waals surface area contributed by atoms with E-state index < -0.39 is 0 Å². The monoisotopic (exact) mass is 294 g/mol. The van der Waals surface area contributed by atoms with Crippen LogP contribution in [0.2, 0.25) is 0 Å². The Balaban J connectivity index is 2.12. The topological polar surface area (TPSA) is 32.3 Å². The third-order valence-electron chi connectivity index (χ3n) is 3.12. The highest BCUT2D eigenvalue weighted by atomic mass is 127. The van der Waals surface area contributed by atoms with Crippen molar-refractivity contribution in [2.45, 2.75) is 29.4 Å². The van der Waals surface area contributed by atoms with Crippen molar-refractivity contribution in [3.05, 3.63) is 0 Å². The number of carbonyl (C=O) groups excluding carboxylic acids is 1. The quantitative estimate of drug-likeness (QED) is 0.410. The molecule has 2 aliphatic heterocycles. The number of hydrogen-bond acceptors (Lipinski definition) is 2. The number of nitrogens with one attached hydrogen (secondary N) is 1. The van der Waals surface area contributed by atoms with E-state index in [1.807, 2.05) is 11.9 Å². The fourth-order valence-electron chi connectivity index (χ4n) is 2.26. The minimum Gasteiger partial charge on any atom is -0.332 e. The molecule has 0 radical (unpaired) electrons. The highest BCUT2D eigenvalue weighted by Gasteiger charge is 2.39. The van der Waals surface area contributed by atoms with Gasteiger partial charge in [0.05, 0.1) is 10.1 Å². The number of amides is 1. The first-order chi connectivity index (χ1) is 6.20. The number of likely N-dealkylation sites (tertiary alicyclic amines) is 1. The Hall–Kier alpha value is 0.160. The lowest BCUT2D eigenvalue weighted by molar-refractivity contribution is -0.138. The molecule has 13 heavy (non-hydrogen) atoms. The Bertz CT molecular complexity index is 222. The van der Waals surface area contributed by atoms with Gasteiger partial charge in [-0.05, 0) is 31.7 Å². The molecule has 2 rings (SSSR count). The summed E-state index contributed by atoms with van der Waals surface area (Å²) in [5, 5.41) is 3.33. The van der Waals surface area contributed by atoms with Gasteiger partial charge in [0.2, 0.25) is 5.91 Å². The Labute approximate surface area is 92.4 Å². The number of carbonyl (C=O) groups is 1. The van der Waals surface area contributed by atoms with Crippen molar-refractivity contribution >= 4 is 28.5 Å². The molecule has 74 valence electrons. The van der Waals surface area contributed by atoms with Crippen molar-refractivity contribution in [1.29, 1.82) is 0 Å². The van der Waals surface area contributed by atoms with E-state index in [1.54, 1.807) is 0 Å². The maximum Gasteiger partial charge on any atom is 0.240 e. The summed E-state index contributed by atoms with van der Waals surface area (Å²) in [6, 6.07) is 0.116. The lowest BCUT2D eigenvalue weighted by atomic mass is 9.84. The van der Waals surface area contributed by atoms with Gasteiger partial charge in [-0.2, -0.15) is 0 Å². The van der Waals surface area contributed by atoms with Crippen LogP contribution < -0.4 is 5.32 Å². The van der Waals surface area contributed by atoms with Gasteiger partial charge < -0.3 is 10.2 Å². The smallest absolute Gasteiger partial charge is 0.240 e. The van der Waals surface area contributed by atoms with Crippen LogP contribution in [0.15, 0.2) is 0 Å². The largest absolute Gasteiger partial charge is 0.332 e. The Morgan fingerprint density at radius 2 is 2.38 bits per heavy atom. The van der Waals surface area contributed by atoms with Crippen molar-refractivity contribution in [2.24, 2.45) is 5.92 Å². The fourth-order valence-corrected chi connectivity index (χ4v) is 3.19. The molecule has 3 unspecified atom stereocenters. The zero-order valence-corrected chi connectivity index (χ0v) is 9.95. The summed E-state index contributed by atoms with van der Waals surface area (Å²) in [5.74, 6) is 0.870. The summed E-state index contributed by atoms with van der Waals surface area (Å²) in [5.41, 5.74) is 0. The van der Waals surface area contributed by atoms with Crippen LogP contribution in [0.5, 0.6) is 0 Å². The molecule has 0 spiro atoms. The van der Waals surface area contributed by atoms with Gasteiger partial charge in [0, 0.05) is 7.05 Å². The van der Waals surface area contributed by atoms with Crippen LogP contribution in [0, 0.1) is 5.92 Å². The highest BCUT2D eigenvalue weighted by Crippen LogP contribution is 2.31. The molecular formula is C9H15IN2O. The number of hydrogen-bond donors (Lipinski definition) is 1. The lowest BCUT2D eigenvalue weighted by Gasteiger charge is -2.42. The number of alkyl halides is 1. The molecule has 1 amide bonds. The number of fused-ring (bicyclic) bond motifs is 1. The molecule has 0 saturated carbocycles. The molecule has 2 aliphatic rings. The molecule has 2 fully saturated rings. The van der Waals surface area contributed by atoms with Gasteiger partial charge in [-0.15, -0.1) is 0 Å². The van der Waals surface area contributed by atoms with Crippen LogP contribution in [-0.2, 0) is 4.79 Å². The number of likely N-dealkylation sites (N-methyl/N-ethyl adjacent to an activating group) is 1. The summed E-state index contributed by atoms with van der Waals surface area (Å²) >= 11 is 2.36. The first kappa shape index (κ1) is 9.71. The van der Waals surface area contributed by atoms with E-state index in [9.17, 15) is 4.79 Å². The number of rotatable bonds is 0. The molecule has 2 heterocycles. The number of piperidine rings is 2. The fraction of sp³-hybridized carbons (Fsp3) is 0.889. The summed E-state index contributed by atoms with van der Waals surface area (Å²) in [7, 11) is 1.91. The minimum absolute atomic E-state index is 0.116. The zero-order chi connectivity index (χ0) is 9.42. The summed E-state index contributed by atoms with van der Waals surface area (Å²) in [6.07, 6.45) is 3.60. The van der Waals surface area contributed by atoms with Crippen LogP contribution in [0.3, 0.4) is 0 Å². The first-order valence-corrected chi connectivity index (χ1v) is 6.09. The Morgan fingerprint density at radius 3 is 3.15 bits per heavy atom. The van der Waals surface area contributed by atoms with Crippen LogP contribution in [0.25, 0.3) is 0 Å². The third-order valence-corrected chi connectivity index (χ3v) is 4.46. The molecule has 3 nitrogen and oxygen atoms in total. The predicted molar refractivity (Wildman–Crippen MR) is 59.7 cm³/mol. The van der Waals surface area contributed by atoms with Crippen LogP contribution in [-0.4, -0.2) is 34.5 Å². The average molecular weight is 294 g/mol. The second-order valence-electron chi connectivity index (χ2n) is 3.95. The lowest BCUT2D eigenvalue weighted by Crippen LogP contribution is -2.58. The summed E-state index contributed by atoms with van der Waals surface area (Å²) < 4.78 is 0.395. The van der Waals surface area contributed by atoms with E-state index in [2.05, 4.69) is 27.9 Å². The van der Waals surface area contributed by atoms with Gasteiger partial charge in [-0.1, -0.05) is 22.6 Å². The molecule has 0 aromatic rings.